The molecule has 0 aliphatic carbocycles. The maximum absolute atomic E-state index is 11.5. The van der Waals surface area contributed by atoms with Crippen molar-refractivity contribution < 1.29 is 9.53 Å². The summed E-state index contributed by atoms with van der Waals surface area (Å²) in [5.74, 6) is 0.750. The van der Waals surface area contributed by atoms with Crippen molar-refractivity contribution >= 4 is 22.3 Å². The summed E-state index contributed by atoms with van der Waals surface area (Å²) in [6, 6.07) is 0. The molecule has 0 bridgehead atoms. The second-order valence-electron chi connectivity index (χ2n) is 4.47. The van der Waals surface area contributed by atoms with E-state index >= 15 is 0 Å². The molecule has 1 aromatic heterocycles. The first kappa shape index (κ1) is 12.5. The maximum Gasteiger partial charge on any atom is 0.164 e. The van der Waals surface area contributed by atoms with Gasteiger partial charge in [0.2, 0.25) is 0 Å². The van der Waals surface area contributed by atoms with Gasteiger partial charge in [-0.3, -0.25) is 4.79 Å². The molecule has 0 aromatic carbocycles. The van der Waals surface area contributed by atoms with Gasteiger partial charge in [0.1, 0.15) is 5.00 Å². The molecule has 0 amide bonds. The minimum Gasteiger partial charge on any atom is -0.381 e. The van der Waals surface area contributed by atoms with E-state index in [9.17, 15) is 4.79 Å². The third-order valence-corrected chi connectivity index (χ3v) is 3.97. The fourth-order valence-corrected chi connectivity index (χ4v) is 2.97. The normalized spacial score (nSPS) is 19.5. The Bertz CT molecular complexity index is 397. The molecule has 1 saturated heterocycles. The largest absolute Gasteiger partial charge is 0.381 e. The Morgan fingerprint density at radius 3 is 3.12 bits per heavy atom. The lowest BCUT2D eigenvalue weighted by atomic mass is 10.1. The molecule has 1 aliphatic rings. The van der Waals surface area contributed by atoms with Crippen LogP contribution in [-0.4, -0.2) is 29.9 Å². The highest BCUT2D eigenvalue weighted by molar-refractivity contribution is 7.10. The number of anilines is 1. The van der Waals surface area contributed by atoms with Crippen molar-refractivity contribution in [1.29, 1.82) is 0 Å². The average Bonchev–Trinajstić information content (AvgIpc) is 2.88. The van der Waals surface area contributed by atoms with Gasteiger partial charge in [-0.05, 0) is 44.1 Å². The van der Waals surface area contributed by atoms with Crippen LogP contribution in [0.4, 0.5) is 5.00 Å². The number of aryl methyl sites for hydroxylation is 1. The van der Waals surface area contributed by atoms with E-state index in [1.54, 1.807) is 6.92 Å². The van der Waals surface area contributed by atoms with Crippen molar-refractivity contribution in [1.82, 2.24) is 4.37 Å². The second-order valence-corrected chi connectivity index (χ2v) is 5.25. The molecule has 2 heterocycles. The van der Waals surface area contributed by atoms with Crippen LogP contribution >= 0.6 is 11.5 Å². The molecule has 1 atom stereocenters. The number of hydrogen-bond donors (Lipinski definition) is 1. The van der Waals surface area contributed by atoms with Crippen molar-refractivity contribution in [3.63, 3.8) is 0 Å². The smallest absolute Gasteiger partial charge is 0.164 e. The van der Waals surface area contributed by atoms with Crippen molar-refractivity contribution in [2.45, 2.75) is 26.7 Å². The Morgan fingerprint density at radius 1 is 1.65 bits per heavy atom. The van der Waals surface area contributed by atoms with Gasteiger partial charge in [0.05, 0.1) is 11.3 Å². The Morgan fingerprint density at radius 2 is 2.47 bits per heavy atom. The summed E-state index contributed by atoms with van der Waals surface area (Å²) in [5.41, 5.74) is 1.58. The maximum atomic E-state index is 11.5. The van der Waals surface area contributed by atoms with Crippen molar-refractivity contribution in [3.8, 4) is 0 Å². The number of carbonyl (C=O) groups is 1. The number of ether oxygens (including phenoxy) is 1. The van der Waals surface area contributed by atoms with Crippen LogP contribution in [-0.2, 0) is 4.74 Å². The predicted octanol–water partition coefficient (Wildman–Crippen LogP) is 2.49. The molecule has 94 valence electrons. The zero-order valence-electron chi connectivity index (χ0n) is 10.3. The molecule has 1 fully saturated rings. The Balaban J connectivity index is 1.88. The molecule has 2 rings (SSSR count). The summed E-state index contributed by atoms with van der Waals surface area (Å²) in [5, 5.41) is 4.23. The van der Waals surface area contributed by atoms with E-state index in [0.717, 1.165) is 48.9 Å². The topological polar surface area (TPSA) is 51.2 Å². The number of Topliss-reactive ketones (excluding diaryl/α,β-unsaturated/α-hetero) is 1. The van der Waals surface area contributed by atoms with Gasteiger partial charge in [0, 0.05) is 19.8 Å². The van der Waals surface area contributed by atoms with E-state index in [2.05, 4.69) is 9.69 Å². The Hall–Kier alpha value is -0.940. The number of aromatic nitrogens is 1. The van der Waals surface area contributed by atoms with E-state index < -0.39 is 0 Å². The monoisotopic (exact) mass is 254 g/mol. The van der Waals surface area contributed by atoms with Crippen molar-refractivity contribution in [2.24, 2.45) is 5.92 Å². The van der Waals surface area contributed by atoms with Crippen LogP contribution in [0.25, 0.3) is 0 Å². The van der Waals surface area contributed by atoms with Crippen LogP contribution in [0.3, 0.4) is 0 Å². The minimum atomic E-state index is 0.0861. The zero-order chi connectivity index (χ0) is 12.3. The quantitative estimate of drug-likeness (QED) is 0.820. The van der Waals surface area contributed by atoms with Crippen LogP contribution in [0.5, 0.6) is 0 Å². The standard InChI is InChI=1S/C12H18N2O2S/c1-8-11(9(2)15)12(17-14-8)13-5-3-10-4-6-16-7-10/h10,13H,3-7H2,1-2H3. The third-order valence-electron chi connectivity index (χ3n) is 3.08. The first-order chi connectivity index (χ1) is 8.18. The molecule has 1 aliphatic heterocycles. The molecule has 0 radical (unpaired) electrons. The third kappa shape index (κ3) is 3.04. The SMILES string of the molecule is CC(=O)c1c(C)nsc1NCCC1CCOC1. The second kappa shape index (κ2) is 5.60. The van der Waals surface area contributed by atoms with Crippen LogP contribution in [0.1, 0.15) is 35.8 Å². The number of nitrogens with one attached hydrogen (secondary N) is 1. The van der Waals surface area contributed by atoms with Crippen LogP contribution in [0.15, 0.2) is 0 Å². The first-order valence-corrected chi connectivity index (χ1v) is 6.74. The molecule has 1 aromatic rings. The van der Waals surface area contributed by atoms with E-state index in [-0.39, 0.29) is 5.78 Å². The lowest BCUT2D eigenvalue weighted by Gasteiger charge is -2.09. The Labute approximate surface area is 106 Å². The molecular weight excluding hydrogens is 236 g/mol. The summed E-state index contributed by atoms with van der Waals surface area (Å²) in [6.07, 6.45) is 2.25. The van der Waals surface area contributed by atoms with Gasteiger partial charge in [-0.2, -0.15) is 4.37 Å². The van der Waals surface area contributed by atoms with Crippen LogP contribution in [0.2, 0.25) is 0 Å². The van der Waals surface area contributed by atoms with Crippen molar-refractivity contribution in [2.75, 3.05) is 25.1 Å². The molecule has 0 saturated carbocycles. The highest BCUT2D eigenvalue weighted by Crippen LogP contribution is 2.25. The summed E-state index contributed by atoms with van der Waals surface area (Å²) in [6.45, 7) is 6.12. The van der Waals surface area contributed by atoms with Crippen LogP contribution in [0, 0.1) is 12.8 Å². The van der Waals surface area contributed by atoms with E-state index in [1.807, 2.05) is 6.92 Å². The molecule has 1 unspecified atom stereocenters. The first-order valence-electron chi connectivity index (χ1n) is 5.97. The van der Waals surface area contributed by atoms with Gasteiger partial charge in [0.25, 0.3) is 0 Å². The molecular formula is C12H18N2O2S. The molecule has 17 heavy (non-hydrogen) atoms. The molecule has 5 heteroatoms. The number of hydrogen-bond acceptors (Lipinski definition) is 5. The van der Waals surface area contributed by atoms with Gasteiger partial charge in [-0.15, -0.1) is 0 Å². The zero-order valence-corrected chi connectivity index (χ0v) is 11.1. The van der Waals surface area contributed by atoms with E-state index in [4.69, 9.17) is 4.74 Å². The number of rotatable bonds is 5. The number of ketones is 1. The fraction of sp³-hybridized carbons (Fsp3) is 0.667. The van der Waals surface area contributed by atoms with Gasteiger partial charge < -0.3 is 10.1 Å². The minimum absolute atomic E-state index is 0.0861. The van der Waals surface area contributed by atoms with Crippen molar-refractivity contribution in [3.05, 3.63) is 11.3 Å². The summed E-state index contributed by atoms with van der Waals surface area (Å²) in [7, 11) is 0. The molecule has 4 nitrogen and oxygen atoms in total. The average molecular weight is 254 g/mol. The van der Waals surface area contributed by atoms with Gasteiger partial charge >= 0.3 is 0 Å². The van der Waals surface area contributed by atoms with E-state index in [1.165, 1.54) is 11.5 Å². The van der Waals surface area contributed by atoms with E-state index in [0.29, 0.717) is 5.92 Å². The molecule has 0 spiro atoms. The fourth-order valence-electron chi connectivity index (χ4n) is 2.11. The lowest BCUT2D eigenvalue weighted by Crippen LogP contribution is -2.10. The summed E-state index contributed by atoms with van der Waals surface area (Å²) >= 11 is 1.37. The van der Waals surface area contributed by atoms with Gasteiger partial charge in [-0.25, -0.2) is 0 Å². The summed E-state index contributed by atoms with van der Waals surface area (Å²) in [4.78, 5) is 11.5. The predicted molar refractivity (Wildman–Crippen MR) is 68.9 cm³/mol. The summed E-state index contributed by atoms with van der Waals surface area (Å²) < 4.78 is 9.56. The molecule has 1 N–H and O–H groups in total. The lowest BCUT2D eigenvalue weighted by molar-refractivity contribution is 0.101. The number of carbonyl (C=O) groups excluding carboxylic acids is 1. The van der Waals surface area contributed by atoms with Gasteiger partial charge in [0.15, 0.2) is 5.78 Å². The number of nitrogens with zero attached hydrogens (tertiary/aromatic N) is 1. The highest BCUT2D eigenvalue weighted by Gasteiger charge is 2.17. The van der Waals surface area contributed by atoms with Crippen LogP contribution < -0.4 is 5.32 Å². The Kier molecular flexibility index (Phi) is 4.12. The highest BCUT2D eigenvalue weighted by atomic mass is 32.1. The van der Waals surface area contributed by atoms with Gasteiger partial charge in [-0.1, -0.05) is 0 Å².